The van der Waals surface area contributed by atoms with Crippen molar-refractivity contribution in [1.29, 1.82) is 0 Å². The molecule has 2 heterocycles. The van der Waals surface area contributed by atoms with E-state index in [0.29, 0.717) is 11.9 Å². The van der Waals surface area contributed by atoms with Crippen LogP contribution < -0.4 is 11.1 Å². The van der Waals surface area contributed by atoms with E-state index in [-0.39, 0.29) is 0 Å². The molecule has 0 aromatic carbocycles. The van der Waals surface area contributed by atoms with Crippen LogP contribution in [0.1, 0.15) is 31.7 Å². The van der Waals surface area contributed by atoms with Gasteiger partial charge in [0.1, 0.15) is 17.5 Å². The largest absolute Gasteiger partial charge is 0.383 e. The van der Waals surface area contributed by atoms with Gasteiger partial charge in [-0.3, -0.25) is 4.90 Å². The molecule has 1 aromatic rings. The van der Waals surface area contributed by atoms with Crippen LogP contribution in [0.15, 0.2) is 0 Å². The first kappa shape index (κ1) is 16.0. The number of hydrogen-bond acceptors (Lipinski definition) is 6. The minimum Gasteiger partial charge on any atom is -0.383 e. The van der Waals surface area contributed by atoms with Crippen molar-refractivity contribution in [2.75, 3.05) is 43.9 Å². The van der Waals surface area contributed by atoms with Crippen LogP contribution in [0, 0.1) is 6.92 Å². The predicted octanol–water partition coefficient (Wildman–Crippen LogP) is 1.45. The number of hydrogen-bond donors (Lipinski definition) is 2. The Kier molecular flexibility index (Phi) is 5.76. The molecule has 1 aromatic heterocycles. The summed E-state index contributed by atoms with van der Waals surface area (Å²) in [4.78, 5) is 11.4. The molecule has 1 aliphatic rings. The number of aryl methyl sites for hydroxylation is 1. The Morgan fingerprint density at radius 3 is 2.71 bits per heavy atom. The van der Waals surface area contributed by atoms with Gasteiger partial charge in [-0.15, -0.1) is 0 Å². The number of morpholine rings is 1. The molecule has 1 atom stereocenters. The van der Waals surface area contributed by atoms with Crippen molar-refractivity contribution in [2.24, 2.45) is 0 Å². The summed E-state index contributed by atoms with van der Waals surface area (Å²) in [5.41, 5.74) is 6.93. The van der Waals surface area contributed by atoms with E-state index in [1.54, 1.807) is 0 Å². The van der Waals surface area contributed by atoms with Gasteiger partial charge in [-0.1, -0.05) is 6.92 Å². The molecule has 0 aliphatic carbocycles. The molecule has 6 heteroatoms. The highest BCUT2D eigenvalue weighted by Gasteiger charge is 2.15. The van der Waals surface area contributed by atoms with Gasteiger partial charge >= 0.3 is 0 Å². The third kappa shape index (κ3) is 4.54. The Morgan fingerprint density at radius 1 is 1.33 bits per heavy atom. The summed E-state index contributed by atoms with van der Waals surface area (Å²) in [6.07, 6.45) is 1.88. The lowest BCUT2D eigenvalue weighted by Gasteiger charge is -2.29. The highest BCUT2D eigenvalue weighted by molar-refractivity contribution is 5.55. The zero-order valence-corrected chi connectivity index (χ0v) is 13.4. The molecule has 0 saturated carbocycles. The summed E-state index contributed by atoms with van der Waals surface area (Å²) in [5, 5.41) is 3.48. The Labute approximate surface area is 127 Å². The van der Waals surface area contributed by atoms with Crippen LogP contribution in [0.5, 0.6) is 0 Å². The second kappa shape index (κ2) is 7.56. The summed E-state index contributed by atoms with van der Waals surface area (Å²) in [6, 6.07) is 0.311. The van der Waals surface area contributed by atoms with Crippen LogP contribution >= 0.6 is 0 Å². The second-order valence-corrected chi connectivity index (χ2v) is 5.71. The molecule has 0 radical (unpaired) electrons. The van der Waals surface area contributed by atoms with Crippen molar-refractivity contribution >= 4 is 11.6 Å². The van der Waals surface area contributed by atoms with E-state index in [9.17, 15) is 0 Å². The highest BCUT2D eigenvalue weighted by Crippen LogP contribution is 2.19. The van der Waals surface area contributed by atoms with Gasteiger partial charge in [-0.2, -0.15) is 0 Å². The minimum absolute atomic E-state index is 0.311. The van der Waals surface area contributed by atoms with E-state index in [1.165, 1.54) is 0 Å². The molecule has 1 saturated heterocycles. The van der Waals surface area contributed by atoms with Crippen LogP contribution in [-0.4, -0.2) is 53.8 Å². The molecule has 1 fully saturated rings. The number of ether oxygens (including phenoxy) is 1. The van der Waals surface area contributed by atoms with Crippen molar-refractivity contribution in [3.05, 3.63) is 11.4 Å². The Hall–Kier alpha value is -1.40. The predicted molar refractivity (Wildman–Crippen MR) is 85.5 cm³/mol. The van der Waals surface area contributed by atoms with E-state index in [1.807, 2.05) is 6.92 Å². The lowest BCUT2D eigenvalue weighted by atomic mass is 10.2. The summed E-state index contributed by atoms with van der Waals surface area (Å²) >= 11 is 0. The monoisotopic (exact) mass is 293 g/mol. The molecular formula is C15H27N5O. The van der Waals surface area contributed by atoms with Gasteiger partial charge in [-0.05, 0) is 20.3 Å². The van der Waals surface area contributed by atoms with Gasteiger partial charge < -0.3 is 15.8 Å². The van der Waals surface area contributed by atoms with Crippen LogP contribution in [0.4, 0.5) is 11.6 Å². The molecule has 21 heavy (non-hydrogen) atoms. The van der Waals surface area contributed by atoms with Crippen molar-refractivity contribution in [3.63, 3.8) is 0 Å². The first-order valence-corrected chi connectivity index (χ1v) is 7.79. The van der Waals surface area contributed by atoms with E-state index in [0.717, 1.165) is 62.9 Å². The number of nitrogens with zero attached hydrogens (tertiary/aromatic N) is 3. The molecule has 1 aliphatic heterocycles. The Morgan fingerprint density at radius 2 is 2.05 bits per heavy atom. The highest BCUT2D eigenvalue weighted by atomic mass is 16.5. The topological polar surface area (TPSA) is 76.3 Å². The average Bonchev–Trinajstić information content (AvgIpc) is 2.45. The number of nitrogen functional groups attached to an aromatic ring is 1. The molecule has 118 valence electrons. The molecule has 1 unspecified atom stereocenters. The quantitative estimate of drug-likeness (QED) is 0.827. The van der Waals surface area contributed by atoms with Crippen molar-refractivity contribution < 1.29 is 4.74 Å². The van der Waals surface area contributed by atoms with Gasteiger partial charge in [0.25, 0.3) is 0 Å². The van der Waals surface area contributed by atoms with Gasteiger partial charge in [0.2, 0.25) is 0 Å². The lowest BCUT2D eigenvalue weighted by Crippen LogP contribution is -2.42. The SMILES string of the molecule is CCCc1nc(N)c(C)c(NC(C)CN2CCOCC2)n1. The zero-order chi connectivity index (χ0) is 15.2. The number of anilines is 2. The van der Waals surface area contributed by atoms with Crippen LogP contribution in [0.3, 0.4) is 0 Å². The normalized spacial score (nSPS) is 17.7. The second-order valence-electron chi connectivity index (χ2n) is 5.71. The summed E-state index contributed by atoms with van der Waals surface area (Å²) in [7, 11) is 0. The first-order valence-electron chi connectivity index (χ1n) is 7.79. The lowest BCUT2D eigenvalue weighted by molar-refractivity contribution is 0.0368. The van der Waals surface area contributed by atoms with Crippen molar-refractivity contribution in [1.82, 2.24) is 14.9 Å². The smallest absolute Gasteiger partial charge is 0.135 e. The third-order valence-corrected chi connectivity index (χ3v) is 3.72. The maximum absolute atomic E-state index is 5.99. The van der Waals surface area contributed by atoms with Gasteiger partial charge in [0.05, 0.1) is 13.2 Å². The van der Waals surface area contributed by atoms with Crippen molar-refractivity contribution in [2.45, 2.75) is 39.7 Å². The number of nitrogens with two attached hydrogens (primary N) is 1. The fourth-order valence-electron chi connectivity index (χ4n) is 2.51. The summed E-state index contributed by atoms with van der Waals surface area (Å²) in [6.45, 7) is 10.9. The Balaban J connectivity index is 2.00. The van der Waals surface area contributed by atoms with E-state index in [4.69, 9.17) is 10.5 Å². The number of aromatic nitrogens is 2. The fraction of sp³-hybridized carbons (Fsp3) is 0.733. The van der Waals surface area contributed by atoms with Gasteiger partial charge in [0, 0.05) is 37.7 Å². The maximum atomic E-state index is 5.99. The van der Waals surface area contributed by atoms with E-state index < -0.39 is 0 Å². The van der Waals surface area contributed by atoms with Crippen LogP contribution in [0.2, 0.25) is 0 Å². The number of nitrogens with one attached hydrogen (secondary N) is 1. The van der Waals surface area contributed by atoms with E-state index in [2.05, 4.69) is 34.0 Å². The molecule has 6 nitrogen and oxygen atoms in total. The molecule has 3 N–H and O–H groups in total. The first-order chi connectivity index (χ1) is 10.1. The standard InChI is InChI=1S/C15H27N5O/c1-4-5-13-18-14(16)12(3)15(19-13)17-11(2)10-20-6-8-21-9-7-20/h11H,4-10H2,1-3H3,(H3,16,17,18,19). The molecule has 0 spiro atoms. The zero-order valence-electron chi connectivity index (χ0n) is 13.4. The Bertz CT molecular complexity index is 460. The maximum Gasteiger partial charge on any atom is 0.135 e. The third-order valence-electron chi connectivity index (χ3n) is 3.72. The molecule has 2 rings (SSSR count). The molecular weight excluding hydrogens is 266 g/mol. The average molecular weight is 293 g/mol. The van der Waals surface area contributed by atoms with Crippen LogP contribution in [-0.2, 0) is 11.2 Å². The van der Waals surface area contributed by atoms with Gasteiger partial charge in [-0.25, -0.2) is 9.97 Å². The van der Waals surface area contributed by atoms with Crippen LogP contribution in [0.25, 0.3) is 0 Å². The number of rotatable bonds is 6. The minimum atomic E-state index is 0.311. The molecule has 0 amide bonds. The van der Waals surface area contributed by atoms with Gasteiger partial charge in [0.15, 0.2) is 0 Å². The summed E-state index contributed by atoms with van der Waals surface area (Å²) < 4.78 is 5.38. The van der Waals surface area contributed by atoms with E-state index >= 15 is 0 Å². The molecule has 0 bridgehead atoms. The summed E-state index contributed by atoms with van der Waals surface area (Å²) in [5.74, 6) is 2.27. The van der Waals surface area contributed by atoms with Crippen molar-refractivity contribution in [3.8, 4) is 0 Å². The fourth-order valence-corrected chi connectivity index (χ4v) is 2.51.